The number of benzene rings is 1. The van der Waals surface area contributed by atoms with E-state index in [2.05, 4.69) is 10.4 Å². The molecule has 0 unspecified atom stereocenters. The quantitative estimate of drug-likeness (QED) is 0.883. The van der Waals surface area contributed by atoms with E-state index in [1.54, 1.807) is 29.2 Å². The van der Waals surface area contributed by atoms with Crippen molar-refractivity contribution in [2.75, 3.05) is 17.6 Å². The fraction of sp³-hybridized carbons (Fsp3) is 0.167. The van der Waals surface area contributed by atoms with Gasteiger partial charge in [-0.05, 0) is 18.2 Å². The maximum Gasteiger partial charge on any atom is 0.101 e. The zero-order chi connectivity index (χ0) is 13.0. The number of hydrogen-bond acceptors (Lipinski definition) is 4. The van der Waals surface area contributed by atoms with Crippen LogP contribution in [0, 0.1) is 11.3 Å². The van der Waals surface area contributed by atoms with Gasteiger partial charge in [-0.3, -0.25) is 4.68 Å². The molecule has 3 N–H and O–H groups in total. The molecule has 0 bridgehead atoms. The summed E-state index contributed by atoms with van der Waals surface area (Å²) in [6, 6.07) is 7.27. The zero-order valence-electron chi connectivity index (χ0n) is 9.60. The molecule has 0 aliphatic rings. The number of nitriles is 1. The normalized spacial score (nSPS) is 10.0. The molecule has 1 aromatic carbocycles. The Morgan fingerprint density at radius 3 is 2.94 bits per heavy atom. The predicted molar refractivity (Wildman–Crippen MR) is 71.3 cm³/mol. The molecular weight excluding hydrogens is 250 g/mol. The van der Waals surface area contributed by atoms with Crippen LogP contribution in [0.3, 0.4) is 0 Å². The van der Waals surface area contributed by atoms with E-state index in [4.69, 9.17) is 22.6 Å². The fourth-order valence-electron chi connectivity index (χ4n) is 1.53. The van der Waals surface area contributed by atoms with Crippen LogP contribution in [0.2, 0.25) is 5.02 Å². The predicted octanol–water partition coefficient (Wildman–Crippen LogP) is 2.10. The Hall–Kier alpha value is -2.19. The van der Waals surface area contributed by atoms with Crippen LogP contribution in [-0.4, -0.2) is 16.3 Å². The second-order valence-electron chi connectivity index (χ2n) is 3.77. The lowest BCUT2D eigenvalue weighted by atomic mass is 10.2. The highest BCUT2D eigenvalue weighted by atomic mass is 35.5. The monoisotopic (exact) mass is 261 g/mol. The van der Waals surface area contributed by atoms with E-state index in [0.717, 1.165) is 5.69 Å². The summed E-state index contributed by atoms with van der Waals surface area (Å²) < 4.78 is 1.76. The Labute approximate surface area is 110 Å². The molecule has 1 aromatic heterocycles. The summed E-state index contributed by atoms with van der Waals surface area (Å²) in [4.78, 5) is 0. The molecule has 18 heavy (non-hydrogen) atoms. The number of rotatable bonds is 4. The van der Waals surface area contributed by atoms with Crippen molar-refractivity contribution in [3.05, 3.63) is 41.2 Å². The summed E-state index contributed by atoms with van der Waals surface area (Å²) in [7, 11) is 0. The van der Waals surface area contributed by atoms with Crippen molar-refractivity contribution in [1.29, 1.82) is 5.26 Å². The zero-order valence-corrected chi connectivity index (χ0v) is 10.4. The van der Waals surface area contributed by atoms with Crippen LogP contribution in [0.15, 0.2) is 30.6 Å². The van der Waals surface area contributed by atoms with E-state index in [1.807, 2.05) is 12.1 Å². The minimum atomic E-state index is 0.450. The van der Waals surface area contributed by atoms with Crippen LogP contribution in [0.25, 0.3) is 0 Å². The van der Waals surface area contributed by atoms with Gasteiger partial charge in [0.2, 0.25) is 0 Å². The summed E-state index contributed by atoms with van der Waals surface area (Å²) in [5, 5.41) is 16.5. The van der Waals surface area contributed by atoms with Gasteiger partial charge in [-0.25, -0.2) is 0 Å². The van der Waals surface area contributed by atoms with Gasteiger partial charge in [0.25, 0.3) is 0 Å². The van der Waals surface area contributed by atoms with Crippen molar-refractivity contribution in [1.82, 2.24) is 9.78 Å². The first-order valence-electron chi connectivity index (χ1n) is 5.40. The molecule has 0 aliphatic carbocycles. The molecule has 0 saturated carbocycles. The maximum atomic E-state index is 8.76. The van der Waals surface area contributed by atoms with Gasteiger partial charge in [0.1, 0.15) is 6.07 Å². The number of nitrogens with one attached hydrogen (secondary N) is 1. The van der Waals surface area contributed by atoms with Crippen molar-refractivity contribution in [3.8, 4) is 6.07 Å². The van der Waals surface area contributed by atoms with E-state index >= 15 is 0 Å². The molecule has 0 fully saturated rings. The Morgan fingerprint density at radius 2 is 2.33 bits per heavy atom. The van der Waals surface area contributed by atoms with Gasteiger partial charge >= 0.3 is 0 Å². The van der Waals surface area contributed by atoms with Gasteiger partial charge in [0.05, 0.1) is 29.0 Å². The molecule has 0 amide bonds. The average molecular weight is 262 g/mol. The molecule has 0 saturated heterocycles. The molecule has 0 aliphatic heterocycles. The van der Waals surface area contributed by atoms with E-state index < -0.39 is 0 Å². The Balaban J connectivity index is 1.91. The van der Waals surface area contributed by atoms with Crippen LogP contribution in [0.1, 0.15) is 5.56 Å². The van der Waals surface area contributed by atoms with Crippen molar-refractivity contribution >= 4 is 23.0 Å². The van der Waals surface area contributed by atoms with Crippen molar-refractivity contribution in [2.24, 2.45) is 0 Å². The minimum Gasteiger partial charge on any atom is -0.396 e. The summed E-state index contributed by atoms with van der Waals surface area (Å²) in [5.74, 6) is 0. The summed E-state index contributed by atoms with van der Waals surface area (Å²) in [6.07, 6.45) is 3.38. The number of nitrogens with two attached hydrogens (primary N) is 1. The van der Waals surface area contributed by atoms with Gasteiger partial charge in [-0.2, -0.15) is 10.4 Å². The number of halogens is 1. The summed E-state index contributed by atoms with van der Waals surface area (Å²) >= 11 is 5.93. The lowest BCUT2D eigenvalue weighted by Crippen LogP contribution is -2.10. The molecule has 92 valence electrons. The second kappa shape index (κ2) is 5.43. The molecular formula is C12H12ClN5. The van der Waals surface area contributed by atoms with Crippen molar-refractivity contribution in [3.63, 3.8) is 0 Å². The number of nitrogens with zero attached hydrogens (tertiary/aromatic N) is 3. The Bertz CT molecular complexity index is 584. The molecule has 2 aromatic rings. The highest BCUT2D eigenvalue weighted by Crippen LogP contribution is 2.19. The largest absolute Gasteiger partial charge is 0.396 e. The second-order valence-corrected chi connectivity index (χ2v) is 4.18. The van der Waals surface area contributed by atoms with Crippen LogP contribution in [-0.2, 0) is 6.54 Å². The maximum absolute atomic E-state index is 8.76. The minimum absolute atomic E-state index is 0.450. The molecule has 2 rings (SSSR count). The van der Waals surface area contributed by atoms with Gasteiger partial charge in [-0.15, -0.1) is 0 Å². The molecule has 1 heterocycles. The highest BCUT2D eigenvalue weighted by Gasteiger charge is 2.00. The number of anilines is 2. The van der Waals surface area contributed by atoms with E-state index in [1.165, 1.54) is 0 Å². The highest BCUT2D eigenvalue weighted by molar-refractivity contribution is 6.32. The topological polar surface area (TPSA) is 79.7 Å². The molecule has 0 spiro atoms. The smallest absolute Gasteiger partial charge is 0.101 e. The lowest BCUT2D eigenvalue weighted by molar-refractivity contribution is 0.638. The molecule has 5 nitrogen and oxygen atoms in total. The van der Waals surface area contributed by atoms with Crippen LogP contribution in [0.4, 0.5) is 11.4 Å². The first-order chi connectivity index (χ1) is 8.69. The van der Waals surface area contributed by atoms with Crippen LogP contribution in [0.5, 0.6) is 0 Å². The van der Waals surface area contributed by atoms with E-state index in [0.29, 0.717) is 29.4 Å². The average Bonchev–Trinajstić information content (AvgIpc) is 2.75. The third kappa shape index (κ3) is 2.93. The third-order valence-corrected chi connectivity index (χ3v) is 2.73. The van der Waals surface area contributed by atoms with E-state index in [9.17, 15) is 0 Å². The first-order valence-corrected chi connectivity index (χ1v) is 5.78. The first kappa shape index (κ1) is 12.3. The molecule has 0 radical (unpaired) electrons. The van der Waals surface area contributed by atoms with Crippen molar-refractivity contribution in [2.45, 2.75) is 6.54 Å². The fourth-order valence-corrected chi connectivity index (χ4v) is 1.76. The molecule has 6 heteroatoms. The van der Waals surface area contributed by atoms with Gasteiger partial charge in [-0.1, -0.05) is 11.6 Å². The number of hydrogen-bond donors (Lipinski definition) is 2. The standard InChI is InChI=1S/C12H12ClN5/c13-12-5-11(2-1-9(12)6-14)16-3-4-18-8-10(15)7-17-18/h1-2,5,7-8,16H,3-4,15H2. The lowest BCUT2D eigenvalue weighted by Gasteiger charge is -2.07. The van der Waals surface area contributed by atoms with Crippen LogP contribution >= 0.6 is 11.6 Å². The summed E-state index contributed by atoms with van der Waals surface area (Å²) in [5.41, 5.74) is 7.56. The SMILES string of the molecule is N#Cc1ccc(NCCn2cc(N)cn2)cc1Cl. The number of aromatic nitrogens is 2. The van der Waals surface area contributed by atoms with Gasteiger partial charge in [0.15, 0.2) is 0 Å². The van der Waals surface area contributed by atoms with Crippen molar-refractivity contribution < 1.29 is 0 Å². The van der Waals surface area contributed by atoms with E-state index in [-0.39, 0.29) is 0 Å². The summed E-state index contributed by atoms with van der Waals surface area (Å²) in [6.45, 7) is 1.40. The Morgan fingerprint density at radius 1 is 1.50 bits per heavy atom. The molecule has 0 atom stereocenters. The van der Waals surface area contributed by atoms with Gasteiger partial charge in [0, 0.05) is 18.4 Å². The number of nitrogen functional groups attached to an aromatic ring is 1. The van der Waals surface area contributed by atoms with Gasteiger partial charge < -0.3 is 11.1 Å². The third-order valence-electron chi connectivity index (χ3n) is 2.41. The Kier molecular flexibility index (Phi) is 3.70. The van der Waals surface area contributed by atoms with Crippen LogP contribution < -0.4 is 11.1 Å².